The molecule has 5 aliphatic carbocycles. The minimum Gasteiger partial charge on any atom is -0.378 e. The maximum Gasteiger partial charge on any atom is 0.0575 e. The second-order valence-corrected chi connectivity index (χ2v) is 32.9. The van der Waals surface area contributed by atoms with Crippen LogP contribution >= 0.6 is 63.1 Å². The topological polar surface area (TPSA) is 46.2 Å². The van der Waals surface area contributed by atoms with E-state index in [9.17, 15) is 0 Å². The van der Waals surface area contributed by atoms with Crippen molar-refractivity contribution >= 4 is 63.1 Å². The standard InChI is InChI=1S/5C18H28OS.5FH/c5*1-2-3-14-19-17-10-6-15(7-11-17)4-5-16-8-12-18(20)13-9-16;;;;;/h5*8-9,12-13,15,17,20H,2-7,10-11,14H2,1H3;5*1H. The van der Waals surface area contributed by atoms with Crippen LogP contribution in [-0.2, 0) is 55.8 Å². The van der Waals surface area contributed by atoms with Crippen LogP contribution in [0.2, 0.25) is 0 Å². The fourth-order valence-corrected chi connectivity index (χ4v) is 15.8. The van der Waals surface area contributed by atoms with Gasteiger partial charge in [0.25, 0.3) is 0 Å². The van der Waals surface area contributed by atoms with Crippen LogP contribution < -0.4 is 0 Å². The first-order valence-corrected chi connectivity index (χ1v) is 43.1. The van der Waals surface area contributed by atoms with Crippen LogP contribution in [-0.4, -0.2) is 63.6 Å². The fourth-order valence-electron chi connectivity index (χ4n) is 15.1. The van der Waals surface area contributed by atoms with Crippen LogP contribution in [0.15, 0.2) is 146 Å². The summed E-state index contributed by atoms with van der Waals surface area (Å²) in [5.74, 6) is 4.50. The normalized spacial score (nSPS) is 21.8. The molecule has 105 heavy (non-hydrogen) atoms. The average molecular weight is 1560 g/mol. The van der Waals surface area contributed by atoms with E-state index in [4.69, 9.17) is 23.7 Å². The Morgan fingerprint density at radius 1 is 0.219 bits per heavy atom. The monoisotopic (exact) mass is 1560 g/mol. The Balaban J connectivity index is 0.000000649. The molecule has 0 spiro atoms. The number of thiol groups is 5. The Morgan fingerprint density at radius 2 is 0.352 bits per heavy atom. The van der Waals surface area contributed by atoms with Gasteiger partial charge in [-0.15, -0.1) is 63.1 Å². The van der Waals surface area contributed by atoms with Gasteiger partial charge in [0.2, 0.25) is 0 Å². The van der Waals surface area contributed by atoms with Crippen LogP contribution in [0.5, 0.6) is 0 Å². The average Bonchev–Trinajstić information content (AvgIpc) is 0.996. The first-order valence-electron chi connectivity index (χ1n) is 40.9. The van der Waals surface area contributed by atoms with Gasteiger partial charge < -0.3 is 23.7 Å². The van der Waals surface area contributed by atoms with E-state index in [1.54, 1.807) is 0 Å². The Hall–Kier alpha value is -2.70. The van der Waals surface area contributed by atoms with Gasteiger partial charge >= 0.3 is 0 Å². The molecule has 5 fully saturated rings. The first-order chi connectivity index (χ1) is 48.9. The number of halogens is 5. The SMILES string of the molecule is CCCCOC1CCC(CCc2ccc(S)cc2)CC1.CCCCOC1CCC(CCc2ccc(S)cc2)CC1.CCCCOC1CCC(CCc2ccc(S)cc2)CC1.CCCCOC1CCC(CCc2ccc(S)cc2)CC1.CCCCOC1CCC(CCc2ccc(S)cc2)CC1.F.F.F.F.F. The molecular weight excluding hydrogens is 1420 g/mol. The van der Waals surface area contributed by atoms with Crippen LogP contribution in [0.4, 0.5) is 23.5 Å². The van der Waals surface area contributed by atoms with Crippen molar-refractivity contribution in [3.8, 4) is 0 Å². The molecule has 0 N–H and O–H groups in total. The Morgan fingerprint density at radius 3 is 0.476 bits per heavy atom. The van der Waals surface area contributed by atoms with Crippen molar-refractivity contribution in [2.45, 2.75) is 346 Å². The molecule has 600 valence electrons. The lowest BCUT2D eigenvalue weighted by molar-refractivity contribution is 0.0158. The number of unbranched alkanes of at least 4 members (excludes halogenated alkanes) is 5. The quantitative estimate of drug-likeness (QED) is 0.0159. The predicted octanol–water partition coefficient (Wildman–Crippen LogP) is 27.2. The molecule has 10 rings (SSSR count). The number of hydrogen-bond acceptors (Lipinski definition) is 10. The molecule has 5 aromatic carbocycles. The van der Waals surface area contributed by atoms with E-state index in [1.807, 2.05) is 0 Å². The highest BCUT2D eigenvalue weighted by atomic mass is 32.1. The summed E-state index contributed by atoms with van der Waals surface area (Å²) in [7, 11) is 0. The summed E-state index contributed by atoms with van der Waals surface area (Å²) >= 11 is 21.7. The van der Waals surface area contributed by atoms with Gasteiger partial charge in [-0.05, 0) is 343 Å². The van der Waals surface area contributed by atoms with Crippen molar-refractivity contribution in [2.24, 2.45) is 29.6 Å². The van der Waals surface area contributed by atoms with Gasteiger partial charge in [0.15, 0.2) is 0 Å². The second-order valence-electron chi connectivity index (χ2n) is 30.4. The van der Waals surface area contributed by atoms with Gasteiger partial charge in [-0.3, -0.25) is 23.5 Å². The highest BCUT2D eigenvalue weighted by Gasteiger charge is 2.26. The molecule has 15 heteroatoms. The van der Waals surface area contributed by atoms with E-state index in [1.165, 1.54) is 285 Å². The number of aryl methyl sites for hydroxylation is 5. The van der Waals surface area contributed by atoms with Crippen molar-refractivity contribution in [3.63, 3.8) is 0 Å². The molecule has 0 aromatic heterocycles. The highest BCUT2D eigenvalue weighted by Crippen LogP contribution is 2.35. The van der Waals surface area contributed by atoms with Crippen LogP contribution in [0.3, 0.4) is 0 Å². The van der Waals surface area contributed by atoms with Gasteiger partial charge in [-0.25, -0.2) is 0 Å². The third-order valence-corrected chi connectivity index (χ3v) is 23.6. The number of ether oxygens (including phenoxy) is 5. The smallest absolute Gasteiger partial charge is 0.0575 e. The van der Waals surface area contributed by atoms with E-state index < -0.39 is 0 Å². The minimum absolute atomic E-state index is 0. The van der Waals surface area contributed by atoms with E-state index in [2.05, 4.69) is 219 Å². The molecule has 5 nitrogen and oxygen atoms in total. The summed E-state index contributed by atoms with van der Waals surface area (Å²) in [6.07, 6.45) is 53.8. The lowest BCUT2D eigenvalue weighted by atomic mass is 9.84. The Bertz CT molecular complexity index is 2290. The number of hydrogen-bond donors (Lipinski definition) is 5. The van der Waals surface area contributed by atoms with Crippen molar-refractivity contribution in [1.29, 1.82) is 0 Å². The van der Waals surface area contributed by atoms with E-state index in [0.717, 1.165) is 87.1 Å². The third kappa shape index (κ3) is 46.0. The zero-order valence-corrected chi connectivity index (χ0v) is 69.9. The molecule has 0 unspecified atom stereocenters. The third-order valence-electron chi connectivity index (χ3n) is 22.1. The largest absolute Gasteiger partial charge is 0.378 e. The molecular formula is C90H145F5O5S5. The summed E-state index contributed by atoms with van der Waals surface area (Å²) in [5, 5.41) is 0. The molecule has 5 saturated carbocycles. The van der Waals surface area contributed by atoms with Crippen LogP contribution in [0.1, 0.15) is 287 Å². The summed E-state index contributed by atoms with van der Waals surface area (Å²) in [6.45, 7) is 15.9. The Labute approximate surface area is 664 Å². The minimum atomic E-state index is 0. The molecule has 0 radical (unpaired) electrons. The van der Waals surface area contributed by atoms with Gasteiger partial charge in [-0.1, -0.05) is 127 Å². The summed E-state index contributed by atoms with van der Waals surface area (Å²) in [6, 6.07) is 43.0. The van der Waals surface area contributed by atoms with Crippen molar-refractivity contribution in [1.82, 2.24) is 0 Å². The van der Waals surface area contributed by atoms with Crippen molar-refractivity contribution in [3.05, 3.63) is 149 Å². The van der Waals surface area contributed by atoms with E-state index >= 15 is 0 Å². The molecule has 0 amide bonds. The summed E-state index contributed by atoms with van der Waals surface area (Å²) in [5.41, 5.74) is 7.24. The van der Waals surface area contributed by atoms with Gasteiger partial charge in [0.05, 0.1) is 30.5 Å². The summed E-state index contributed by atoms with van der Waals surface area (Å²) < 4.78 is 29.7. The zero-order valence-electron chi connectivity index (χ0n) is 65.5. The maximum absolute atomic E-state index is 5.94. The molecule has 0 saturated heterocycles. The molecule has 0 atom stereocenters. The van der Waals surface area contributed by atoms with Gasteiger partial charge in [-0.2, -0.15) is 0 Å². The first kappa shape index (κ1) is 100. The van der Waals surface area contributed by atoms with Crippen molar-refractivity contribution < 1.29 is 47.2 Å². The number of benzene rings is 5. The lowest BCUT2D eigenvalue weighted by Gasteiger charge is -2.28. The lowest BCUT2D eigenvalue weighted by Crippen LogP contribution is -2.22. The van der Waals surface area contributed by atoms with Crippen molar-refractivity contribution in [2.75, 3.05) is 33.0 Å². The second kappa shape index (κ2) is 62.9. The maximum atomic E-state index is 5.94. The molecule has 0 heterocycles. The number of rotatable bonds is 35. The van der Waals surface area contributed by atoms with E-state index in [0.29, 0.717) is 30.5 Å². The highest BCUT2D eigenvalue weighted by molar-refractivity contribution is 7.81. The van der Waals surface area contributed by atoms with E-state index in [-0.39, 0.29) is 23.5 Å². The molecule has 5 aliphatic rings. The molecule has 0 bridgehead atoms. The molecule has 5 aromatic rings. The van der Waals surface area contributed by atoms with Gasteiger partial charge in [0, 0.05) is 57.5 Å². The predicted molar refractivity (Wildman–Crippen MR) is 456 cm³/mol. The fraction of sp³-hybridized carbons (Fsp3) is 0.667. The van der Waals surface area contributed by atoms with Crippen LogP contribution in [0, 0.1) is 29.6 Å². The molecule has 0 aliphatic heterocycles. The zero-order chi connectivity index (χ0) is 71.0. The summed E-state index contributed by atoms with van der Waals surface area (Å²) in [4.78, 5) is 5.27. The Kier molecular flexibility index (Phi) is 60.1. The van der Waals surface area contributed by atoms with Gasteiger partial charge in [0.1, 0.15) is 0 Å². The van der Waals surface area contributed by atoms with Crippen LogP contribution in [0.25, 0.3) is 0 Å².